The molecular formula is C27H25NO3S. The lowest BCUT2D eigenvalue weighted by Gasteiger charge is -2.11. The molecule has 4 nitrogen and oxygen atoms in total. The van der Waals surface area contributed by atoms with Gasteiger partial charge in [-0.05, 0) is 48.3 Å². The number of hydrogen-bond donors (Lipinski definition) is 0. The van der Waals surface area contributed by atoms with Crippen LogP contribution in [0.15, 0.2) is 96.0 Å². The smallest absolute Gasteiger partial charge is 0.268 e. The van der Waals surface area contributed by atoms with Gasteiger partial charge in [0.05, 0.1) is 10.4 Å². The summed E-state index contributed by atoms with van der Waals surface area (Å²) in [5.41, 5.74) is 2.95. The van der Waals surface area contributed by atoms with Crippen molar-refractivity contribution in [2.75, 3.05) is 0 Å². The number of rotatable bonds is 7. The molecule has 1 atom stereocenters. The fourth-order valence-electron chi connectivity index (χ4n) is 3.69. The summed E-state index contributed by atoms with van der Waals surface area (Å²) < 4.78 is 28.2. The van der Waals surface area contributed by atoms with Gasteiger partial charge < -0.3 is 0 Å². The zero-order valence-corrected chi connectivity index (χ0v) is 18.9. The van der Waals surface area contributed by atoms with Crippen molar-refractivity contribution in [3.05, 3.63) is 108 Å². The van der Waals surface area contributed by atoms with E-state index in [2.05, 4.69) is 13.8 Å². The Hall–Kier alpha value is -3.44. The quantitative estimate of drug-likeness (QED) is 0.249. The maximum atomic E-state index is 13.4. The first-order valence-corrected chi connectivity index (χ1v) is 12.1. The predicted octanol–water partition coefficient (Wildman–Crippen LogP) is 6.29. The van der Waals surface area contributed by atoms with Crippen LogP contribution in [-0.2, 0) is 10.0 Å². The first-order valence-electron chi connectivity index (χ1n) is 10.6. The number of fused-ring (bicyclic) bond motifs is 1. The molecule has 32 heavy (non-hydrogen) atoms. The van der Waals surface area contributed by atoms with E-state index in [4.69, 9.17) is 0 Å². The van der Waals surface area contributed by atoms with Gasteiger partial charge in [0.25, 0.3) is 10.0 Å². The molecule has 0 saturated carbocycles. The number of aromatic nitrogens is 1. The number of benzene rings is 3. The standard InChI is InChI=1S/C27H25NO3S/c1-3-20(2)21-13-16-24(17-14-21)32(30,31)28-19-23(25-11-7-8-12-26(25)28)15-18-27(29)22-9-5-4-6-10-22/h4-20H,3H2,1-2H3/b18-15+. The molecule has 0 aliphatic carbocycles. The fourth-order valence-corrected chi connectivity index (χ4v) is 5.07. The van der Waals surface area contributed by atoms with Crippen molar-refractivity contribution in [2.45, 2.75) is 31.1 Å². The molecule has 0 amide bonds. The molecule has 0 saturated heterocycles. The highest BCUT2D eigenvalue weighted by Gasteiger charge is 2.21. The largest absolute Gasteiger partial charge is 0.289 e. The number of ketones is 1. The minimum absolute atomic E-state index is 0.133. The Morgan fingerprint density at radius 3 is 2.28 bits per heavy atom. The van der Waals surface area contributed by atoms with Crippen molar-refractivity contribution in [2.24, 2.45) is 0 Å². The molecule has 0 aliphatic rings. The highest BCUT2D eigenvalue weighted by Crippen LogP contribution is 2.28. The third kappa shape index (κ3) is 4.16. The molecular weight excluding hydrogens is 418 g/mol. The van der Waals surface area contributed by atoms with E-state index < -0.39 is 10.0 Å². The van der Waals surface area contributed by atoms with Crippen LogP contribution in [0.5, 0.6) is 0 Å². The van der Waals surface area contributed by atoms with Crippen molar-refractivity contribution in [3.8, 4) is 0 Å². The Morgan fingerprint density at radius 1 is 0.938 bits per heavy atom. The number of nitrogens with zero attached hydrogens (tertiary/aromatic N) is 1. The van der Waals surface area contributed by atoms with Crippen LogP contribution in [0, 0.1) is 0 Å². The van der Waals surface area contributed by atoms with Gasteiger partial charge in [-0.15, -0.1) is 0 Å². The van der Waals surface area contributed by atoms with E-state index in [0.717, 1.165) is 17.4 Å². The average molecular weight is 444 g/mol. The molecule has 4 rings (SSSR count). The third-order valence-corrected chi connectivity index (χ3v) is 7.49. The van der Waals surface area contributed by atoms with E-state index in [1.54, 1.807) is 42.6 Å². The molecule has 0 aliphatic heterocycles. The van der Waals surface area contributed by atoms with Gasteiger partial charge in [0.2, 0.25) is 0 Å². The Bertz CT molecular complexity index is 1380. The molecule has 4 aromatic rings. The minimum Gasteiger partial charge on any atom is -0.289 e. The SMILES string of the molecule is CCC(C)c1ccc(S(=O)(=O)n2cc(/C=C/C(=O)c3ccccc3)c3ccccc32)cc1. The van der Waals surface area contributed by atoms with Gasteiger partial charge in [0, 0.05) is 22.7 Å². The summed E-state index contributed by atoms with van der Waals surface area (Å²) in [6.07, 6.45) is 5.73. The van der Waals surface area contributed by atoms with Crippen LogP contribution in [0.1, 0.15) is 47.7 Å². The molecule has 5 heteroatoms. The van der Waals surface area contributed by atoms with Crippen molar-refractivity contribution in [3.63, 3.8) is 0 Å². The highest BCUT2D eigenvalue weighted by atomic mass is 32.2. The molecule has 0 radical (unpaired) electrons. The zero-order valence-electron chi connectivity index (χ0n) is 18.1. The van der Waals surface area contributed by atoms with Crippen molar-refractivity contribution < 1.29 is 13.2 Å². The molecule has 3 aromatic carbocycles. The number of allylic oxidation sites excluding steroid dienone is 1. The summed E-state index contributed by atoms with van der Waals surface area (Å²) in [4.78, 5) is 12.7. The van der Waals surface area contributed by atoms with E-state index in [1.807, 2.05) is 48.5 Å². The Morgan fingerprint density at radius 2 is 1.59 bits per heavy atom. The van der Waals surface area contributed by atoms with Gasteiger partial charge in [0.15, 0.2) is 5.78 Å². The lowest BCUT2D eigenvalue weighted by Crippen LogP contribution is -2.12. The van der Waals surface area contributed by atoms with Crippen LogP contribution < -0.4 is 0 Å². The van der Waals surface area contributed by atoms with Crippen LogP contribution in [0.2, 0.25) is 0 Å². The van der Waals surface area contributed by atoms with Gasteiger partial charge >= 0.3 is 0 Å². The van der Waals surface area contributed by atoms with Crippen molar-refractivity contribution in [1.29, 1.82) is 0 Å². The third-order valence-electron chi connectivity index (χ3n) is 5.80. The second-order valence-corrected chi connectivity index (χ2v) is 9.66. The van der Waals surface area contributed by atoms with Crippen LogP contribution >= 0.6 is 0 Å². The lowest BCUT2D eigenvalue weighted by atomic mass is 9.99. The Labute approximate surface area is 188 Å². The highest BCUT2D eigenvalue weighted by molar-refractivity contribution is 7.90. The van der Waals surface area contributed by atoms with E-state index in [-0.39, 0.29) is 10.7 Å². The normalized spacial score (nSPS) is 12.9. The van der Waals surface area contributed by atoms with Crippen molar-refractivity contribution >= 4 is 32.8 Å². The Balaban J connectivity index is 1.74. The average Bonchev–Trinajstić information content (AvgIpc) is 3.22. The summed E-state index contributed by atoms with van der Waals surface area (Å²) in [5.74, 6) is 0.240. The molecule has 1 unspecified atom stereocenters. The summed E-state index contributed by atoms with van der Waals surface area (Å²) in [5, 5.41) is 0.768. The molecule has 0 fully saturated rings. The van der Waals surface area contributed by atoms with Gasteiger partial charge in [0.1, 0.15) is 0 Å². The molecule has 0 N–H and O–H groups in total. The topological polar surface area (TPSA) is 56.1 Å². The first-order chi connectivity index (χ1) is 15.4. The summed E-state index contributed by atoms with van der Waals surface area (Å²) in [6, 6.07) is 23.4. The minimum atomic E-state index is -3.79. The maximum Gasteiger partial charge on any atom is 0.268 e. The van der Waals surface area contributed by atoms with Crippen LogP contribution in [0.3, 0.4) is 0 Å². The summed E-state index contributed by atoms with van der Waals surface area (Å²) in [6.45, 7) is 4.23. The van der Waals surface area contributed by atoms with Gasteiger partial charge in [-0.1, -0.05) is 74.5 Å². The van der Waals surface area contributed by atoms with Gasteiger partial charge in [-0.25, -0.2) is 12.4 Å². The first kappa shape index (κ1) is 21.8. The van der Waals surface area contributed by atoms with Gasteiger partial charge in [-0.2, -0.15) is 0 Å². The zero-order chi connectivity index (χ0) is 22.7. The van der Waals surface area contributed by atoms with Crippen molar-refractivity contribution in [1.82, 2.24) is 3.97 Å². The predicted molar refractivity (Wildman–Crippen MR) is 129 cm³/mol. The van der Waals surface area contributed by atoms with E-state index >= 15 is 0 Å². The molecule has 1 aromatic heterocycles. The number of para-hydroxylation sites is 1. The molecule has 162 valence electrons. The van der Waals surface area contributed by atoms with Crippen LogP contribution in [-0.4, -0.2) is 18.2 Å². The number of carbonyl (C=O) groups excluding carboxylic acids is 1. The monoisotopic (exact) mass is 443 g/mol. The van der Waals surface area contributed by atoms with Crippen LogP contribution in [0.25, 0.3) is 17.0 Å². The number of hydrogen-bond acceptors (Lipinski definition) is 3. The number of carbonyl (C=O) groups is 1. The lowest BCUT2D eigenvalue weighted by molar-refractivity contribution is 0.104. The van der Waals surface area contributed by atoms with E-state index in [1.165, 1.54) is 10.0 Å². The molecule has 1 heterocycles. The van der Waals surface area contributed by atoms with E-state index in [0.29, 0.717) is 22.6 Å². The molecule has 0 bridgehead atoms. The van der Waals surface area contributed by atoms with Crippen LogP contribution in [0.4, 0.5) is 0 Å². The molecule has 0 spiro atoms. The maximum absolute atomic E-state index is 13.4. The van der Waals surface area contributed by atoms with Gasteiger partial charge in [-0.3, -0.25) is 4.79 Å². The second-order valence-electron chi connectivity index (χ2n) is 7.84. The summed E-state index contributed by atoms with van der Waals surface area (Å²) >= 11 is 0. The van der Waals surface area contributed by atoms with E-state index in [9.17, 15) is 13.2 Å². The summed E-state index contributed by atoms with van der Waals surface area (Å²) in [7, 11) is -3.79. The Kier molecular flexibility index (Phi) is 6.10. The second kappa shape index (κ2) is 8.97. The fraction of sp³-hybridized carbons (Fsp3) is 0.148.